The molecule has 7 nitrogen and oxygen atoms in total. The minimum absolute atomic E-state index is 0.124. The largest absolute Gasteiger partial charge is 0.416 e. The smallest absolute Gasteiger partial charge is 0.384 e. The first-order chi connectivity index (χ1) is 16.8. The van der Waals surface area contributed by atoms with Gasteiger partial charge in [-0.3, -0.25) is 9.36 Å². The number of rotatable bonds is 3. The third-order valence-electron chi connectivity index (χ3n) is 5.42. The van der Waals surface area contributed by atoms with Crippen molar-refractivity contribution in [3.63, 3.8) is 0 Å². The lowest BCUT2D eigenvalue weighted by atomic mass is 10.1. The number of anilines is 2. The van der Waals surface area contributed by atoms with E-state index < -0.39 is 17.6 Å². The number of benzene rings is 3. The molecule has 3 aromatic carbocycles. The van der Waals surface area contributed by atoms with Gasteiger partial charge in [-0.05, 0) is 48.5 Å². The maximum atomic E-state index is 13.0. The van der Waals surface area contributed by atoms with Gasteiger partial charge in [0.1, 0.15) is 23.0 Å². The second kappa shape index (κ2) is 8.14. The van der Waals surface area contributed by atoms with Gasteiger partial charge in [0.15, 0.2) is 5.65 Å². The van der Waals surface area contributed by atoms with Gasteiger partial charge in [-0.25, -0.2) is 9.97 Å². The topological polar surface area (TPSA) is 110 Å². The number of carbonyl (C=O) groups excluding carboxylic acids is 1. The highest BCUT2D eigenvalue weighted by atomic mass is 19.4. The van der Waals surface area contributed by atoms with Gasteiger partial charge in [0.2, 0.25) is 0 Å². The van der Waals surface area contributed by atoms with E-state index in [1.807, 2.05) is 12.1 Å². The molecule has 0 spiro atoms. The van der Waals surface area contributed by atoms with Crippen LogP contribution in [0.5, 0.6) is 0 Å². The molecule has 2 heterocycles. The Morgan fingerprint density at radius 3 is 2.40 bits per heavy atom. The zero-order valence-electron chi connectivity index (χ0n) is 17.8. The summed E-state index contributed by atoms with van der Waals surface area (Å²) in [4.78, 5) is 21.8. The van der Waals surface area contributed by atoms with Crippen LogP contribution >= 0.6 is 0 Å². The third kappa shape index (κ3) is 3.89. The van der Waals surface area contributed by atoms with E-state index in [4.69, 9.17) is 5.73 Å². The number of amides is 1. The van der Waals surface area contributed by atoms with E-state index in [2.05, 4.69) is 21.4 Å². The number of nitrogens with zero attached hydrogens (tertiary/aromatic N) is 4. The van der Waals surface area contributed by atoms with E-state index in [1.54, 1.807) is 41.0 Å². The molecular formula is C25H15F3N6O. The number of aromatic nitrogens is 3. The van der Waals surface area contributed by atoms with Crippen molar-refractivity contribution in [2.24, 2.45) is 0 Å². The fourth-order valence-electron chi connectivity index (χ4n) is 3.80. The van der Waals surface area contributed by atoms with E-state index in [9.17, 15) is 23.2 Å². The molecule has 35 heavy (non-hydrogen) atoms. The lowest BCUT2D eigenvalue weighted by Crippen LogP contribution is -2.14. The third-order valence-corrected chi connectivity index (χ3v) is 5.42. The Balaban J connectivity index is 1.56. The SMILES string of the molecule is N#Cc1c(N)n(-c2cccc(NC(=O)c3cccc(C(F)(F)F)c3)c2)c2nc3ccccc3nc12. The number of nitrogen functional groups attached to an aromatic ring is 1. The summed E-state index contributed by atoms with van der Waals surface area (Å²) in [5, 5.41) is 12.3. The number of nitrogens with one attached hydrogen (secondary N) is 1. The van der Waals surface area contributed by atoms with Crippen LogP contribution in [0.15, 0.2) is 72.8 Å². The lowest BCUT2D eigenvalue weighted by Gasteiger charge is -2.12. The van der Waals surface area contributed by atoms with Crippen LogP contribution in [0.4, 0.5) is 24.7 Å². The number of hydrogen-bond acceptors (Lipinski definition) is 5. The predicted molar refractivity (Wildman–Crippen MR) is 125 cm³/mol. The summed E-state index contributed by atoms with van der Waals surface area (Å²) < 4.78 is 40.6. The molecule has 2 aromatic heterocycles. The zero-order chi connectivity index (χ0) is 24.7. The molecule has 0 unspecified atom stereocenters. The van der Waals surface area contributed by atoms with Crippen molar-refractivity contribution in [3.05, 3.63) is 89.5 Å². The number of para-hydroxylation sites is 2. The standard InChI is InChI=1S/C25H15F3N6O/c26-25(27,28)15-6-3-5-14(11-15)24(35)31-16-7-4-8-17(12-16)34-22(30)18(13-29)21-23(34)33-20-10-2-1-9-19(20)32-21/h1-12H,30H2,(H,31,35). The van der Waals surface area contributed by atoms with Gasteiger partial charge in [-0.1, -0.05) is 24.3 Å². The molecule has 0 radical (unpaired) electrons. The molecule has 0 aliphatic carbocycles. The molecule has 0 atom stereocenters. The quantitative estimate of drug-likeness (QED) is 0.370. The average molecular weight is 472 g/mol. The number of nitriles is 1. The van der Waals surface area contributed by atoms with Gasteiger partial charge >= 0.3 is 6.18 Å². The molecule has 0 fully saturated rings. The van der Waals surface area contributed by atoms with E-state index in [0.29, 0.717) is 33.6 Å². The van der Waals surface area contributed by atoms with Crippen LogP contribution in [0.3, 0.4) is 0 Å². The second-order valence-electron chi connectivity index (χ2n) is 7.68. The summed E-state index contributed by atoms with van der Waals surface area (Å²) in [6, 6.07) is 19.9. The molecule has 0 aliphatic heterocycles. The van der Waals surface area contributed by atoms with E-state index in [-0.39, 0.29) is 16.9 Å². The van der Waals surface area contributed by atoms with Crippen molar-refractivity contribution >= 4 is 39.6 Å². The molecular weight excluding hydrogens is 457 g/mol. The van der Waals surface area contributed by atoms with Gasteiger partial charge in [0.25, 0.3) is 5.91 Å². The summed E-state index contributed by atoms with van der Waals surface area (Å²) in [5.74, 6) is -0.582. The molecule has 10 heteroatoms. The molecule has 0 saturated heterocycles. The van der Waals surface area contributed by atoms with E-state index in [0.717, 1.165) is 12.1 Å². The van der Waals surface area contributed by atoms with E-state index >= 15 is 0 Å². The zero-order valence-corrected chi connectivity index (χ0v) is 17.8. The van der Waals surface area contributed by atoms with Crippen LogP contribution in [0.25, 0.3) is 27.9 Å². The van der Waals surface area contributed by atoms with Crippen molar-refractivity contribution in [2.75, 3.05) is 11.1 Å². The highest BCUT2D eigenvalue weighted by Gasteiger charge is 2.31. The van der Waals surface area contributed by atoms with Crippen molar-refractivity contribution in [1.29, 1.82) is 5.26 Å². The molecule has 0 saturated carbocycles. The number of carbonyl (C=O) groups is 1. The summed E-state index contributed by atoms with van der Waals surface area (Å²) in [5.41, 5.74) is 8.11. The fraction of sp³-hybridized carbons (Fsp3) is 0.0400. The number of alkyl halides is 3. The Labute approximate surface area is 196 Å². The maximum absolute atomic E-state index is 13.0. The number of fused-ring (bicyclic) bond motifs is 2. The molecule has 5 aromatic rings. The summed E-state index contributed by atoms with van der Waals surface area (Å²) in [7, 11) is 0. The second-order valence-corrected chi connectivity index (χ2v) is 7.68. The minimum atomic E-state index is -4.56. The Kier molecular flexibility index (Phi) is 5.10. The lowest BCUT2D eigenvalue weighted by molar-refractivity contribution is -0.137. The van der Waals surface area contributed by atoms with Gasteiger partial charge in [-0.15, -0.1) is 0 Å². The monoisotopic (exact) mass is 472 g/mol. The highest BCUT2D eigenvalue weighted by molar-refractivity contribution is 6.04. The summed E-state index contributed by atoms with van der Waals surface area (Å²) in [6.07, 6.45) is -4.56. The Hall–Kier alpha value is -4.91. The van der Waals surface area contributed by atoms with Crippen molar-refractivity contribution in [2.45, 2.75) is 6.18 Å². The van der Waals surface area contributed by atoms with Gasteiger partial charge in [-0.2, -0.15) is 18.4 Å². The van der Waals surface area contributed by atoms with Crippen LogP contribution in [-0.4, -0.2) is 20.4 Å². The van der Waals surface area contributed by atoms with Crippen LogP contribution in [0, 0.1) is 11.3 Å². The first kappa shape index (κ1) is 21.9. The van der Waals surface area contributed by atoms with Crippen molar-refractivity contribution < 1.29 is 18.0 Å². The van der Waals surface area contributed by atoms with Gasteiger partial charge in [0.05, 0.1) is 22.3 Å². The molecule has 5 rings (SSSR count). The fourth-order valence-corrected chi connectivity index (χ4v) is 3.80. The molecule has 0 aliphatic rings. The molecule has 3 N–H and O–H groups in total. The average Bonchev–Trinajstić information content (AvgIpc) is 3.12. The normalized spacial score (nSPS) is 11.5. The Morgan fingerprint density at radius 2 is 1.69 bits per heavy atom. The van der Waals surface area contributed by atoms with Crippen LogP contribution < -0.4 is 11.1 Å². The van der Waals surface area contributed by atoms with Crippen LogP contribution in [0.1, 0.15) is 21.5 Å². The summed E-state index contributed by atoms with van der Waals surface area (Å²) >= 11 is 0. The maximum Gasteiger partial charge on any atom is 0.416 e. The summed E-state index contributed by atoms with van der Waals surface area (Å²) in [6.45, 7) is 0. The Morgan fingerprint density at radius 1 is 0.971 bits per heavy atom. The van der Waals surface area contributed by atoms with Gasteiger partial charge < -0.3 is 11.1 Å². The molecule has 172 valence electrons. The predicted octanol–water partition coefficient (Wildman–Crippen LogP) is 5.30. The van der Waals surface area contributed by atoms with Crippen molar-refractivity contribution in [3.8, 4) is 11.8 Å². The van der Waals surface area contributed by atoms with Crippen LogP contribution in [0.2, 0.25) is 0 Å². The highest BCUT2D eigenvalue weighted by Crippen LogP contribution is 2.32. The van der Waals surface area contributed by atoms with Crippen LogP contribution in [-0.2, 0) is 6.18 Å². The number of nitrogens with two attached hydrogens (primary N) is 1. The molecule has 1 amide bonds. The first-order valence-electron chi connectivity index (χ1n) is 10.3. The number of halogens is 3. The number of hydrogen-bond donors (Lipinski definition) is 2. The van der Waals surface area contributed by atoms with E-state index in [1.165, 1.54) is 12.1 Å². The van der Waals surface area contributed by atoms with Gasteiger partial charge in [0, 0.05) is 11.3 Å². The minimum Gasteiger partial charge on any atom is -0.384 e. The first-order valence-corrected chi connectivity index (χ1v) is 10.3. The Bertz CT molecular complexity index is 1670. The molecule has 0 bridgehead atoms. The van der Waals surface area contributed by atoms with Crippen molar-refractivity contribution in [1.82, 2.24) is 14.5 Å².